The molecule has 2 N–H and O–H groups in total. The van der Waals surface area contributed by atoms with Gasteiger partial charge >= 0.3 is 12.1 Å². The molecule has 0 saturated heterocycles. The summed E-state index contributed by atoms with van der Waals surface area (Å²) >= 11 is 0. The average Bonchev–Trinajstić information content (AvgIpc) is 3.35. The molecule has 2 rings (SSSR count). The van der Waals surface area contributed by atoms with Crippen LogP contribution < -0.4 is 10.6 Å². The van der Waals surface area contributed by atoms with Crippen LogP contribution in [0.1, 0.15) is 25.3 Å². The molecule has 1 aromatic rings. The molecule has 0 unspecified atom stereocenters. The third kappa shape index (κ3) is 7.21. The smallest absolute Gasteiger partial charge is 0.331 e. The molecule has 0 radical (unpaired) electrons. The number of alkyl halides is 3. The highest BCUT2D eigenvalue weighted by atomic mass is 35.5. The highest BCUT2D eigenvalue weighted by Gasteiger charge is 2.41. The van der Waals surface area contributed by atoms with E-state index in [1.54, 1.807) is 24.3 Å². The second-order valence-electron chi connectivity index (χ2n) is 6.14. The summed E-state index contributed by atoms with van der Waals surface area (Å²) in [7, 11) is 0. The van der Waals surface area contributed by atoms with E-state index in [1.807, 2.05) is 0 Å². The fourth-order valence-electron chi connectivity index (χ4n) is 2.39. The molecule has 1 aromatic carbocycles. The standard InChI is InChI=1S/C17H22F3N3O2.ClH/c1-2-23(16(25)17(18,19)20)11-13-4-3-5-14(8-13)22-15(24)10-21-9-12-6-7-12;/h3-5,8,12,21H,2,6-7,9-11H2,1H3,(H,22,24);1H. The van der Waals surface area contributed by atoms with Gasteiger partial charge in [0.2, 0.25) is 5.91 Å². The van der Waals surface area contributed by atoms with Crippen molar-refractivity contribution in [2.45, 2.75) is 32.5 Å². The number of benzene rings is 1. The Morgan fingerprint density at radius 2 is 1.96 bits per heavy atom. The number of rotatable bonds is 8. The van der Waals surface area contributed by atoms with Gasteiger partial charge < -0.3 is 15.5 Å². The van der Waals surface area contributed by atoms with Gasteiger partial charge in [0.15, 0.2) is 0 Å². The maximum Gasteiger partial charge on any atom is 0.471 e. The minimum Gasteiger partial charge on any atom is -0.331 e. The van der Waals surface area contributed by atoms with Crippen LogP contribution in [0.2, 0.25) is 0 Å². The van der Waals surface area contributed by atoms with Crippen molar-refractivity contribution >= 4 is 29.9 Å². The lowest BCUT2D eigenvalue weighted by molar-refractivity contribution is -0.185. The first-order valence-corrected chi connectivity index (χ1v) is 8.25. The zero-order chi connectivity index (χ0) is 18.4. The molecule has 0 spiro atoms. The van der Waals surface area contributed by atoms with Crippen LogP contribution in [0.4, 0.5) is 18.9 Å². The van der Waals surface area contributed by atoms with E-state index in [2.05, 4.69) is 10.6 Å². The number of nitrogens with one attached hydrogen (secondary N) is 2. The molecule has 0 heterocycles. The van der Waals surface area contributed by atoms with Crippen molar-refractivity contribution < 1.29 is 22.8 Å². The Hall–Kier alpha value is -1.80. The number of hydrogen-bond donors (Lipinski definition) is 2. The van der Waals surface area contributed by atoms with Gasteiger partial charge in [0.05, 0.1) is 6.54 Å². The molecular formula is C17H23ClF3N3O2. The van der Waals surface area contributed by atoms with Crippen LogP contribution in [-0.2, 0) is 16.1 Å². The van der Waals surface area contributed by atoms with Crippen molar-refractivity contribution in [3.8, 4) is 0 Å². The van der Waals surface area contributed by atoms with Crippen LogP contribution in [-0.4, -0.2) is 42.5 Å². The van der Waals surface area contributed by atoms with Crippen molar-refractivity contribution in [1.29, 1.82) is 0 Å². The Kier molecular flexibility index (Phi) is 8.36. The predicted octanol–water partition coefficient (Wildman–Crippen LogP) is 2.96. The van der Waals surface area contributed by atoms with E-state index in [0.717, 1.165) is 11.4 Å². The highest BCUT2D eigenvalue weighted by Crippen LogP contribution is 2.27. The molecule has 1 aliphatic rings. The quantitative estimate of drug-likeness (QED) is 0.713. The molecule has 2 amide bonds. The van der Waals surface area contributed by atoms with Crippen molar-refractivity contribution in [2.75, 3.05) is 25.0 Å². The van der Waals surface area contributed by atoms with Gasteiger partial charge in [0.25, 0.3) is 0 Å². The van der Waals surface area contributed by atoms with Gasteiger partial charge in [-0.25, -0.2) is 0 Å². The molecule has 0 aliphatic heterocycles. The first-order valence-electron chi connectivity index (χ1n) is 8.25. The van der Waals surface area contributed by atoms with Crippen LogP contribution in [0.15, 0.2) is 24.3 Å². The van der Waals surface area contributed by atoms with E-state index in [1.165, 1.54) is 19.8 Å². The van der Waals surface area contributed by atoms with E-state index in [-0.39, 0.29) is 37.9 Å². The van der Waals surface area contributed by atoms with E-state index in [0.29, 0.717) is 17.2 Å². The molecule has 9 heteroatoms. The van der Waals surface area contributed by atoms with Crippen molar-refractivity contribution in [2.24, 2.45) is 5.92 Å². The highest BCUT2D eigenvalue weighted by molar-refractivity contribution is 5.92. The number of hydrogen-bond acceptors (Lipinski definition) is 3. The van der Waals surface area contributed by atoms with Crippen molar-refractivity contribution in [3.05, 3.63) is 29.8 Å². The largest absolute Gasteiger partial charge is 0.471 e. The molecule has 146 valence electrons. The molecule has 5 nitrogen and oxygen atoms in total. The number of nitrogens with zero attached hydrogens (tertiary/aromatic N) is 1. The summed E-state index contributed by atoms with van der Waals surface area (Å²) < 4.78 is 37.7. The van der Waals surface area contributed by atoms with Gasteiger partial charge in [0.1, 0.15) is 0 Å². The summed E-state index contributed by atoms with van der Waals surface area (Å²) in [6.07, 6.45) is -2.50. The van der Waals surface area contributed by atoms with Crippen LogP contribution in [0.3, 0.4) is 0 Å². The summed E-state index contributed by atoms with van der Waals surface area (Å²) in [4.78, 5) is 23.9. The SMILES string of the molecule is CCN(Cc1cccc(NC(=O)CNCC2CC2)c1)C(=O)C(F)(F)F.Cl. The minimum absolute atomic E-state index is 0. The van der Waals surface area contributed by atoms with E-state index in [9.17, 15) is 22.8 Å². The maximum absolute atomic E-state index is 12.6. The van der Waals surface area contributed by atoms with Crippen LogP contribution in [0, 0.1) is 5.92 Å². The summed E-state index contributed by atoms with van der Waals surface area (Å²) in [5.74, 6) is -1.41. The number of amides is 2. The van der Waals surface area contributed by atoms with Gasteiger partial charge in [-0.15, -0.1) is 12.4 Å². The van der Waals surface area contributed by atoms with E-state index in [4.69, 9.17) is 0 Å². The third-order valence-electron chi connectivity index (χ3n) is 3.91. The van der Waals surface area contributed by atoms with Gasteiger partial charge in [-0.3, -0.25) is 9.59 Å². The van der Waals surface area contributed by atoms with Crippen LogP contribution in [0.5, 0.6) is 0 Å². The molecule has 0 bridgehead atoms. The van der Waals surface area contributed by atoms with E-state index < -0.39 is 12.1 Å². The lowest BCUT2D eigenvalue weighted by atomic mass is 10.2. The monoisotopic (exact) mass is 393 g/mol. The average molecular weight is 394 g/mol. The van der Waals surface area contributed by atoms with E-state index >= 15 is 0 Å². The molecule has 1 aliphatic carbocycles. The van der Waals surface area contributed by atoms with Gasteiger partial charge in [-0.2, -0.15) is 13.2 Å². The summed E-state index contributed by atoms with van der Waals surface area (Å²) in [5, 5.41) is 5.77. The zero-order valence-electron chi connectivity index (χ0n) is 14.4. The van der Waals surface area contributed by atoms with Crippen LogP contribution in [0.25, 0.3) is 0 Å². The minimum atomic E-state index is -4.89. The lowest BCUT2D eigenvalue weighted by Gasteiger charge is -2.22. The van der Waals surface area contributed by atoms with Crippen molar-refractivity contribution in [1.82, 2.24) is 10.2 Å². The Balaban J connectivity index is 0.00000338. The number of anilines is 1. The summed E-state index contributed by atoms with van der Waals surface area (Å²) in [6.45, 7) is 2.27. The fourth-order valence-corrected chi connectivity index (χ4v) is 2.39. The topological polar surface area (TPSA) is 61.4 Å². The Labute approximate surface area is 156 Å². The molecule has 1 saturated carbocycles. The summed E-state index contributed by atoms with van der Waals surface area (Å²) in [6, 6.07) is 6.48. The predicted molar refractivity (Wildman–Crippen MR) is 95.1 cm³/mol. The third-order valence-corrected chi connectivity index (χ3v) is 3.91. The number of halogens is 4. The maximum atomic E-state index is 12.6. The number of carbonyl (C=O) groups is 2. The first kappa shape index (κ1) is 22.2. The van der Waals surface area contributed by atoms with Crippen LogP contribution >= 0.6 is 12.4 Å². The summed E-state index contributed by atoms with van der Waals surface area (Å²) in [5.41, 5.74) is 1.01. The second kappa shape index (κ2) is 9.78. The Bertz CT molecular complexity index is 622. The molecule has 1 fully saturated rings. The fraction of sp³-hybridized carbons (Fsp3) is 0.529. The molecular weight excluding hydrogens is 371 g/mol. The normalized spacial score (nSPS) is 13.7. The second-order valence-corrected chi connectivity index (χ2v) is 6.14. The number of carbonyl (C=O) groups excluding carboxylic acids is 2. The van der Waals surface area contributed by atoms with Gasteiger partial charge in [-0.1, -0.05) is 12.1 Å². The molecule has 0 atom stereocenters. The first-order chi connectivity index (χ1) is 11.8. The molecule has 0 aromatic heterocycles. The lowest BCUT2D eigenvalue weighted by Crippen LogP contribution is -2.40. The van der Waals surface area contributed by atoms with Crippen molar-refractivity contribution in [3.63, 3.8) is 0 Å². The Morgan fingerprint density at radius 1 is 1.27 bits per heavy atom. The van der Waals surface area contributed by atoms with Gasteiger partial charge in [0, 0.05) is 18.8 Å². The Morgan fingerprint density at radius 3 is 2.54 bits per heavy atom. The molecule has 26 heavy (non-hydrogen) atoms. The van der Waals surface area contributed by atoms with Gasteiger partial charge in [-0.05, 0) is 49.9 Å². The zero-order valence-corrected chi connectivity index (χ0v) is 15.3.